The van der Waals surface area contributed by atoms with E-state index in [0.717, 1.165) is 51.0 Å². The number of nitrogens with zero attached hydrogens (tertiary/aromatic N) is 3. The van der Waals surface area contributed by atoms with E-state index < -0.39 is 5.60 Å². The molecule has 0 saturated carbocycles. The molecule has 0 saturated heterocycles. The van der Waals surface area contributed by atoms with Crippen LogP contribution in [-0.4, -0.2) is 40.6 Å². The van der Waals surface area contributed by atoms with E-state index in [2.05, 4.69) is 34.1 Å². The van der Waals surface area contributed by atoms with Crippen molar-refractivity contribution in [3.05, 3.63) is 121 Å². The summed E-state index contributed by atoms with van der Waals surface area (Å²) < 4.78 is 0. The molecule has 0 fully saturated rings. The van der Waals surface area contributed by atoms with Crippen molar-refractivity contribution in [3.63, 3.8) is 0 Å². The van der Waals surface area contributed by atoms with E-state index in [1.807, 2.05) is 93.1 Å². The summed E-state index contributed by atoms with van der Waals surface area (Å²) in [6.45, 7) is 0.757. The molecular formula is C31H29N3O. The first kappa shape index (κ1) is 22.9. The van der Waals surface area contributed by atoms with E-state index in [1.54, 1.807) is 6.20 Å². The van der Waals surface area contributed by atoms with Gasteiger partial charge in [-0.25, -0.2) is 4.98 Å². The monoisotopic (exact) mass is 459 g/mol. The van der Waals surface area contributed by atoms with Gasteiger partial charge in [0.1, 0.15) is 5.60 Å². The maximum atomic E-state index is 12.1. The smallest absolute Gasteiger partial charge is 0.116 e. The van der Waals surface area contributed by atoms with Crippen LogP contribution in [0.15, 0.2) is 109 Å². The van der Waals surface area contributed by atoms with Crippen LogP contribution in [0.4, 0.5) is 0 Å². The molecule has 0 amide bonds. The zero-order chi connectivity index (χ0) is 24.3. The van der Waals surface area contributed by atoms with Gasteiger partial charge in [-0.05, 0) is 73.1 Å². The normalized spacial score (nSPS) is 13.1. The summed E-state index contributed by atoms with van der Waals surface area (Å²) in [6, 6.07) is 32.5. The Kier molecular flexibility index (Phi) is 6.41. The Bertz CT molecular complexity index is 1420. The molecule has 35 heavy (non-hydrogen) atoms. The number of rotatable bonds is 7. The van der Waals surface area contributed by atoms with E-state index in [4.69, 9.17) is 4.98 Å². The molecule has 5 rings (SSSR count). The zero-order valence-corrected chi connectivity index (χ0v) is 20.1. The van der Waals surface area contributed by atoms with Crippen LogP contribution in [0.3, 0.4) is 0 Å². The summed E-state index contributed by atoms with van der Waals surface area (Å²) in [7, 11) is 4.06. The third-order valence-electron chi connectivity index (χ3n) is 6.50. The molecule has 0 spiro atoms. The Morgan fingerprint density at radius 2 is 1.49 bits per heavy atom. The molecule has 4 heteroatoms. The highest BCUT2D eigenvalue weighted by molar-refractivity contribution is 5.97. The van der Waals surface area contributed by atoms with E-state index in [1.165, 1.54) is 0 Å². The van der Waals surface area contributed by atoms with Gasteiger partial charge in [0, 0.05) is 29.9 Å². The Morgan fingerprint density at radius 1 is 0.771 bits per heavy atom. The summed E-state index contributed by atoms with van der Waals surface area (Å²) >= 11 is 0. The van der Waals surface area contributed by atoms with Crippen LogP contribution in [0.1, 0.15) is 17.5 Å². The number of pyridine rings is 2. The average Bonchev–Trinajstić information content (AvgIpc) is 2.92. The predicted molar refractivity (Wildman–Crippen MR) is 143 cm³/mol. The summed E-state index contributed by atoms with van der Waals surface area (Å²) in [4.78, 5) is 11.4. The second kappa shape index (κ2) is 9.79. The molecule has 5 aromatic rings. The fourth-order valence-corrected chi connectivity index (χ4v) is 4.56. The van der Waals surface area contributed by atoms with Crippen LogP contribution < -0.4 is 0 Å². The van der Waals surface area contributed by atoms with Crippen LogP contribution in [0, 0.1) is 0 Å². The first-order valence-electron chi connectivity index (χ1n) is 11.9. The van der Waals surface area contributed by atoms with Gasteiger partial charge in [-0.15, -0.1) is 0 Å². The first-order valence-corrected chi connectivity index (χ1v) is 11.9. The first-order chi connectivity index (χ1) is 17.0. The number of fused-ring (bicyclic) bond motifs is 1. The van der Waals surface area contributed by atoms with Crippen molar-refractivity contribution in [2.75, 3.05) is 20.6 Å². The molecule has 1 atom stereocenters. The Balaban J connectivity index is 1.72. The average molecular weight is 460 g/mol. The minimum Gasteiger partial charge on any atom is -0.380 e. The van der Waals surface area contributed by atoms with Crippen LogP contribution >= 0.6 is 0 Å². The minimum atomic E-state index is -1.12. The lowest BCUT2D eigenvalue weighted by molar-refractivity contribution is 0.0630. The summed E-state index contributed by atoms with van der Waals surface area (Å²) in [5.41, 5.74) is 5.57. The lowest BCUT2D eigenvalue weighted by Gasteiger charge is -2.31. The molecule has 2 heterocycles. The lowest BCUT2D eigenvalue weighted by Crippen LogP contribution is -2.31. The van der Waals surface area contributed by atoms with Gasteiger partial charge in [-0.2, -0.15) is 0 Å². The maximum Gasteiger partial charge on any atom is 0.116 e. The molecule has 0 aliphatic carbocycles. The van der Waals surface area contributed by atoms with Crippen LogP contribution in [0.5, 0.6) is 0 Å². The third kappa shape index (κ3) is 4.72. The largest absolute Gasteiger partial charge is 0.380 e. The van der Waals surface area contributed by atoms with E-state index in [0.29, 0.717) is 6.42 Å². The molecular weight excluding hydrogens is 430 g/mol. The van der Waals surface area contributed by atoms with Gasteiger partial charge in [-0.3, -0.25) is 4.98 Å². The number of hydrogen-bond donors (Lipinski definition) is 1. The minimum absolute atomic E-state index is 0.581. The molecule has 1 unspecified atom stereocenters. The Labute approximate surface area is 206 Å². The summed E-state index contributed by atoms with van der Waals surface area (Å²) in [5.74, 6) is 0. The van der Waals surface area contributed by atoms with E-state index in [-0.39, 0.29) is 0 Å². The maximum absolute atomic E-state index is 12.1. The second-order valence-corrected chi connectivity index (χ2v) is 9.17. The van der Waals surface area contributed by atoms with Crippen molar-refractivity contribution in [1.82, 2.24) is 14.9 Å². The molecule has 0 aliphatic heterocycles. The molecule has 2 aromatic heterocycles. The molecule has 4 nitrogen and oxygen atoms in total. The molecule has 174 valence electrons. The highest BCUT2D eigenvalue weighted by Crippen LogP contribution is 2.38. The molecule has 0 aliphatic rings. The standard InChI is InChI=1S/C31H29N3O/c1-34(2)19-17-31(35,25-13-7-4-8-14-25)26-15-16-29-28(20-26)27(23-10-5-3-6-11-23)21-30(33-29)24-12-9-18-32-22-24/h3-16,18,20-22,35H,17,19H2,1-2H3. The predicted octanol–water partition coefficient (Wildman–Crippen LogP) is 6.15. The van der Waals surface area contributed by atoms with Gasteiger partial charge in [0.05, 0.1) is 11.2 Å². The molecule has 1 N–H and O–H groups in total. The van der Waals surface area contributed by atoms with Gasteiger partial charge in [0.25, 0.3) is 0 Å². The van der Waals surface area contributed by atoms with Gasteiger partial charge in [-0.1, -0.05) is 66.7 Å². The molecule has 3 aromatic carbocycles. The van der Waals surface area contributed by atoms with Crippen LogP contribution in [-0.2, 0) is 5.60 Å². The number of aromatic nitrogens is 2. The SMILES string of the molecule is CN(C)CCC(O)(c1ccccc1)c1ccc2nc(-c3cccnc3)cc(-c3ccccc3)c2c1. The Morgan fingerprint density at radius 3 is 2.17 bits per heavy atom. The summed E-state index contributed by atoms with van der Waals surface area (Å²) in [5, 5.41) is 13.1. The molecule has 0 bridgehead atoms. The third-order valence-corrected chi connectivity index (χ3v) is 6.50. The number of aliphatic hydroxyl groups is 1. The molecule has 0 radical (unpaired) electrons. The highest BCUT2D eigenvalue weighted by atomic mass is 16.3. The fourth-order valence-electron chi connectivity index (χ4n) is 4.56. The van der Waals surface area contributed by atoms with E-state index in [9.17, 15) is 5.11 Å². The van der Waals surface area contributed by atoms with Crippen molar-refractivity contribution < 1.29 is 5.11 Å². The van der Waals surface area contributed by atoms with E-state index >= 15 is 0 Å². The fraction of sp³-hybridized carbons (Fsp3) is 0.161. The van der Waals surface area contributed by atoms with Crippen molar-refractivity contribution in [1.29, 1.82) is 0 Å². The quantitative estimate of drug-likeness (QED) is 0.317. The van der Waals surface area contributed by atoms with Gasteiger partial charge in [0.15, 0.2) is 0 Å². The Hall–Kier alpha value is -3.86. The highest BCUT2D eigenvalue weighted by Gasteiger charge is 2.32. The summed E-state index contributed by atoms with van der Waals surface area (Å²) in [6.07, 6.45) is 4.19. The number of benzene rings is 3. The van der Waals surface area contributed by atoms with Crippen molar-refractivity contribution in [2.24, 2.45) is 0 Å². The van der Waals surface area contributed by atoms with Crippen molar-refractivity contribution >= 4 is 10.9 Å². The van der Waals surface area contributed by atoms with Crippen LogP contribution in [0.2, 0.25) is 0 Å². The van der Waals surface area contributed by atoms with Crippen LogP contribution in [0.25, 0.3) is 33.3 Å². The van der Waals surface area contributed by atoms with Gasteiger partial charge >= 0.3 is 0 Å². The zero-order valence-electron chi connectivity index (χ0n) is 20.1. The van der Waals surface area contributed by atoms with Gasteiger partial charge in [0.2, 0.25) is 0 Å². The number of hydrogen-bond acceptors (Lipinski definition) is 4. The van der Waals surface area contributed by atoms with Crippen molar-refractivity contribution in [2.45, 2.75) is 12.0 Å². The second-order valence-electron chi connectivity index (χ2n) is 9.17. The lowest BCUT2D eigenvalue weighted by atomic mass is 9.82. The topological polar surface area (TPSA) is 49.2 Å². The van der Waals surface area contributed by atoms with Gasteiger partial charge < -0.3 is 10.0 Å². The van der Waals surface area contributed by atoms with Crippen molar-refractivity contribution in [3.8, 4) is 22.4 Å².